The number of likely N-dealkylation sites (tertiary alicyclic amines) is 1. The highest BCUT2D eigenvalue weighted by Gasteiger charge is 2.21. The molecule has 25 heavy (non-hydrogen) atoms. The Kier molecular flexibility index (Phi) is 5.02. The molecule has 0 bridgehead atoms. The molecule has 1 aromatic heterocycles. The molecule has 0 atom stereocenters. The molecule has 3 aromatic rings. The average Bonchev–Trinajstić information content (AvgIpc) is 3.06. The van der Waals surface area contributed by atoms with E-state index in [0.717, 1.165) is 47.6 Å². The van der Waals surface area contributed by atoms with Gasteiger partial charge in [-0.15, -0.1) is 11.8 Å². The molecule has 1 fully saturated rings. The number of aromatic nitrogens is 2. The van der Waals surface area contributed by atoms with Gasteiger partial charge in [0, 0.05) is 16.0 Å². The van der Waals surface area contributed by atoms with Gasteiger partial charge in [-0.2, -0.15) is 5.10 Å². The summed E-state index contributed by atoms with van der Waals surface area (Å²) >= 11 is 8.37. The SMILES string of the molecule is CN1CCC(n2ncc3c(Cl)cc(SCc4ccccc4)cc32)CC1. The van der Waals surface area contributed by atoms with Crippen LogP contribution in [0.15, 0.2) is 53.6 Å². The molecule has 1 aliphatic rings. The fraction of sp³-hybridized carbons (Fsp3) is 0.350. The summed E-state index contributed by atoms with van der Waals surface area (Å²) in [5.41, 5.74) is 2.49. The van der Waals surface area contributed by atoms with Crippen molar-refractivity contribution >= 4 is 34.3 Å². The summed E-state index contributed by atoms with van der Waals surface area (Å²) in [5, 5.41) is 6.53. The first-order chi connectivity index (χ1) is 12.2. The van der Waals surface area contributed by atoms with Crippen LogP contribution in [0.4, 0.5) is 0 Å². The molecule has 4 rings (SSSR count). The van der Waals surface area contributed by atoms with E-state index in [4.69, 9.17) is 11.6 Å². The zero-order valence-corrected chi connectivity index (χ0v) is 15.9. The van der Waals surface area contributed by atoms with Crippen molar-refractivity contribution < 1.29 is 0 Å². The molecule has 0 aliphatic carbocycles. The van der Waals surface area contributed by atoms with Crippen molar-refractivity contribution in [1.29, 1.82) is 0 Å². The third-order valence-electron chi connectivity index (χ3n) is 4.92. The molecule has 5 heteroatoms. The van der Waals surface area contributed by atoms with Crippen LogP contribution in [0.25, 0.3) is 10.9 Å². The van der Waals surface area contributed by atoms with Crippen molar-refractivity contribution in [3.05, 3.63) is 59.2 Å². The summed E-state index contributed by atoms with van der Waals surface area (Å²) in [4.78, 5) is 3.59. The summed E-state index contributed by atoms with van der Waals surface area (Å²) in [6, 6.07) is 15.3. The highest BCUT2D eigenvalue weighted by molar-refractivity contribution is 7.98. The van der Waals surface area contributed by atoms with Crippen LogP contribution >= 0.6 is 23.4 Å². The first-order valence-electron chi connectivity index (χ1n) is 8.73. The maximum absolute atomic E-state index is 6.54. The lowest BCUT2D eigenvalue weighted by Crippen LogP contribution is -2.31. The highest BCUT2D eigenvalue weighted by atomic mass is 35.5. The number of fused-ring (bicyclic) bond motifs is 1. The lowest BCUT2D eigenvalue weighted by atomic mass is 10.1. The number of nitrogens with zero attached hydrogens (tertiary/aromatic N) is 3. The van der Waals surface area contributed by atoms with Crippen LogP contribution in [-0.4, -0.2) is 34.8 Å². The van der Waals surface area contributed by atoms with E-state index < -0.39 is 0 Å². The monoisotopic (exact) mass is 371 g/mol. The minimum absolute atomic E-state index is 0.471. The second kappa shape index (κ2) is 7.40. The van der Waals surface area contributed by atoms with Crippen LogP contribution in [0.1, 0.15) is 24.4 Å². The maximum atomic E-state index is 6.54. The molecule has 1 saturated heterocycles. The Labute approximate surface area is 158 Å². The minimum Gasteiger partial charge on any atom is -0.306 e. The van der Waals surface area contributed by atoms with Gasteiger partial charge < -0.3 is 4.90 Å². The summed E-state index contributed by atoms with van der Waals surface area (Å²) in [6.07, 6.45) is 4.21. The van der Waals surface area contributed by atoms with Gasteiger partial charge in [-0.05, 0) is 50.7 Å². The summed E-state index contributed by atoms with van der Waals surface area (Å²) in [6.45, 7) is 2.25. The quantitative estimate of drug-likeness (QED) is 0.584. The Balaban J connectivity index is 1.60. The number of piperidine rings is 1. The Morgan fingerprint density at radius 3 is 2.68 bits per heavy atom. The van der Waals surface area contributed by atoms with Gasteiger partial charge in [0.25, 0.3) is 0 Å². The van der Waals surface area contributed by atoms with Gasteiger partial charge >= 0.3 is 0 Å². The average molecular weight is 372 g/mol. The number of hydrogen-bond donors (Lipinski definition) is 0. The van der Waals surface area contributed by atoms with Crippen molar-refractivity contribution in [2.24, 2.45) is 0 Å². The fourth-order valence-corrected chi connectivity index (χ4v) is 4.68. The Hall–Kier alpha value is -1.49. The molecule has 1 aliphatic heterocycles. The van der Waals surface area contributed by atoms with Crippen molar-refractivity contribution in [1.82, 2.24) is 14.7 Å². The fourth-order valence-electron chi connectivity index (χ4n) is 3.43. The third kappa shape index (κ3) is 3.71. The highest BCUT2D eigenvalue weighted by Crippen LogP contribution is 2.34. The van der Waals surface area contributed by atoms with Gasteiger partial charge in [0.05, 0.1) is 22.8 Å². The first-order valence-corrected chi connectivity index (χ1v) is 10.1. The molecule has 130 valence electrons. The zero-order chi connectivity index (χ0) is 17.2. The van der Waals surface area contributed by atoms with Gasteiger partial charge in [0.2, 0.25) is 0 Å². The standard InChI is InChI=1S/C20H22ClN3S/c1-23-9-7-16(8-10-23)24-20-12-17(11-19(21)18(20)13-22-24)25-14-15-5-3-2-4-6-15/h2-6,11-13,16H,7-10,14H2,1H3. The van der Waals surface area contributed by atoms with Crippen molar-refractivity contribution in [3.8, 4) is 0 Å². The van der Waals surface area contributed by atoms with E-state index in [2.05, 4.69) is 64.2 Å². The van der Waals surface area contributed by atoms with E-state index in [1.807, 2.05) is 18.0 Å². The maximum Gasteiger partial charge on any atom is 0.0711 e. The molecule has 0 spiro atoms. The number of rotatable bonds is 4. The summed E-state index contributed by atoms with van der Waals surface area (Å²) in [7, 11) is 2.19. The second-order valence-electron chi connectivity index (χ2n) is 6.74. The topological polar surface area (TPSA) is 21.1 Å². The predicted octanol–water partition coefficient (Wildman–Crippen LogP) is 5.25. The van der Waals surface area contributed by atoms with E-state index in [1.54, 1.807) is 0 Å². The predicted molar refractivity (Wildman–Crippen MR) is 107 cm³/mol. The number of hydrogen-bond acceptors (Lipinski definition) is 3. The van der Waals surface area contributed by atoms with Crippen LogP contribution in [0.2, 0.25) is 5.02 Å². The van der Waals surface area contributed by atoms with E-state index in [9.17, 15) is 0 Å². The summed E-state index contributed by atoms with van der Waals surface area (Å²) in [5.74, 6) is 0.949. The summed E-state index contributed by atoms with van der Waals surface area (Å²) < 4.78 is 2.20. The lowest BCUT2D eigenvalue weighted by molar-refractivity contribution is 0.215. The van der Waals surface area contributed by atoms with Crippen LogP contribution in [0.5, 0.6) is 0 Å². The Morgan fingerprint density at radius 2 is 1.92 bits per heavy atom. The van der Waals surface area contributed by atoms with Crippen LogP contribution in [0.3, 0.4) is 0 Å². The zero-order valence-electron chi connectivity index (χ0n) is 14.4. The van der Waals surface area contributed by atoms with Crippen LogP contribution in [0, 0.1) is 0 Å². The molecule has 0 amide bonds. The molecular weight excluding hydrogens is 350 g/mol. The van der Waals surface area contributed by atoms with Crippen LogP contribution in [-0.2, 0) is 5.75 Å². The molecule has 0 saturated carbocycles. The van der Waals surface area contributed by atoms with E-state index in [0.29, 0.717) is 6.04 Å². The molecular formula is C20H22ClN3S. The second-order valence-corrected chi connectivity index (χ2v) is 8.19. The van der Waals surface area contributed by atoms with Crippen molar-refractivity contribution in [2.45, 2.75) is 29.5 Å². The largest absolute Gasteiger partial charge is 0.306 e. The Morgan fingerprint density at radius 1 is 1.16 bits per heavy atom. The van der Waals surface area contributed by atoms with Gasteiger partial charge in [0.1, 0.15) is 0 Å². The van der Waals surface area contributed by atoms with E-state index >= 15 is 0 Å². The smallest absolute Gasteiger partial charge is 0.0711 e. The first kappa shape index (κ1) is 17.0. The molecule has 0 radical (unpaired) electrons. The van der Waals surface area contributed by atoms with Crippen LogP contribution < -0.4 is 0 Å². The normalized spacial score (nSPS) is 16.6. The molecule has 0 N–H and O–H groups in total. The number of thioether (sulfide) groups is 1. The molecule has 0 unspecified atom stereocenters. The number of halogens is 1. The molecule has 2 aromatic carbocycles. The third-order valence-corrected chi connectivity index (χ3v) is 6.28. The molecule has 2 heterocycles. The Bertz CT molecular complexity index is 854. The van der Waals surface area contributed by atoms with E-state index in [1.165, 1.54) is 10.5 Å². The lowest BCUT2D eigenvalue weighted by Gasteiger charge is -2.29. The van der Waals surface area contributed by atoms with Gasteiger partial charge in [-0.3, -0.25) is 4.68 Å². The number of benzene rings is 2. The van der Waals surface area contributed by atoms with Gasteiger partial charge in [-0.1, -0.05) is 41.9 Å². The van der Waals surface area contributed by atoms with Gasteiger partial charge in [-0.25, -0.2) is 0 Å². The minimum atomic E-state index is 0.471. The van der Waals surface area contributed by atoms with Crippen molar-refractivity contribution in [3.63, 3.8) is 0 Å². The van der Waals surface area contributed by atoms with Gasteiger partial charge in [0.15, 0.2) is 0 Å². The molecule has 3 nitrogen and oxygen atoms in total. The van der Waals surface area contributed by atoms with E-state index in [-0.39, 0.29) is 0 Å². The van der Waals surface area contributed by atoms with Crippen molar-refractivity contribution in [2.75, 3.05) is 20.1 Å².